The third-order valence-corrected chi connectivity index (χ3v) is 2.37. The van der Waals surface area contributed by atoms with Crippen LogP contribution in [0.3, 0.4) is 0 Å². The van der Waals surface area contributed by atoms with Crippen LogP contribution in [-0.2, 0) is 0 Å². The lowest BCUT2D eigenvalue weighted by Crippen LogP contribution is -2.17. The Kier molecular flexibility index (Phi) is 3.33. The second-order valence-corrected chi connectivity index (χ2v) is 4.00. The molecule has 0 saturated heterocycles. The van der Waals surface area contributed by atoms with E-state index >= 15 is 0 Å². The smallest absolute Gasteiger partial charge is 0.406 e. The first-order chi connectivity index (χ1) is 8.83. The highest BCUT2D eigenvalue weighted by Crippen LogP contribution is 2.28. The predicted octanol–water partition coefficient (Wildman–Crippen LogP) is 3.54. The van der Waals surface area contributed by atoms with E-state index in [1.54, 1.807) is 25.1 Å². The van der Waals surface area contributed by atoms with Crippen molar-refractivity contribution >= 4 is 5.82 Å². The number of pyridine rings is 1. The van der Waals surface area contributed by atoms with Crippen molar-refractivity contribution in [1.29, 1.82) is 0 Å². The molecule has 0 aliphatic carbocycles. The summed E-state index contributed by atoms with van der Waals surface area (Å²) < 4.78 is 40.3. The van der Waals surface area contributed by atoms with Gasteiger partial charge in [-0.1, -0.05) is 12.1 Å². The van der Waals surface area contributed by atoms with E-state index in [1.807, 2.05) is 0 Å². The maximum Gasteiger partial charge on any atom is 0.573 e. The molecule has 0 unspecified atom stereocenters. The molecule has 0 spiro atoms. The first-order valence-electron chi connectivity index (χ1n) is 5.44. The van der Waals surface area contributed by atoms with Crippen LogP contribution < -0.4 is 10.5 Å². The molecule has 19 heavy (non-hydrogen) atoms. The van der Waals surface area contributed by atoms with Crippen molar-refractivity contribution in [3.63, 3.8) is 0 Å². The number of ether oxygens (including phenoxy) is 1. The van der Waals surface area contributed by atoms with Gasteiger partial charge < -0.3 is 10.5 Å². The summed E-state index contributed by atoms with van der Waals surface area (Å²) >= 11 is 0. The van der Waals surface area contributed by atoms with E-state index in [0.717, 1.165) is 0 Å². The molecule has 3 nitrogen and oxygen atoms in total. The molecule has 6 heteroatoms. The monoisotopic (exact) mass is 268 g/mol. The summed E-state index contributed by atoms with van der Waals surface area (Å²) in [5, 5.41) is 0. The Morgan fingerprint density at radius 3 is 2.47 bits per heavy atom. The number of rotatable bonds is 2. The number of hydrogen-bond donors (Lipinski definition) is 1. The first kappa shape index (κ1) is 13.2. The minimum absolute atomic E-state index is 0.266. The fraction of sp³-hybridized carbons (Fsp3) is 0.154. The zero-order chi connectivity index (χ0) is 14.0. The molecule has 0 saturated carbocycles. The fourth-order valence-electron chi connectivity index (χ4n) is 1.73. The van der Waals surface area contributed by atoms with E-state index in [4.69, 9.17) is 5.73 Å². The zero-order valence-corrected chi connectivity index (χ0v) is 10.0. The second kappa shape index (κ2) is 4.79. The Labute approximate surface area is 107 Å². The van der Waals surface area contributed by atoms with E-state index in [1.165, 1.54) is 18.2 Å². The number of nitrogen functional groups attached to an aromatic ring is 1. The molecule has 100 valence electrons. The summed E-state index contributed by atoms with van der Waals surface area (Å²) in [5.74, 6) is 0.0511. The van der Waals surface area contributed by atoms with E-state index in [-0.39, 0.29) is 5.75 Å². The molecule has 0 bridgehead atoms. The van der Waals surface area contributed by atoms with Crippen LogP contribution in [0.4, 0.5) is 19.0 Å². The molecule has 1 heterocycles. The van der Waals surface area contributed by atoms with Gasteiger partial charge in [-0.15, -0.1) is 13.2 Å². The molecule has 2 aromatic rings. The van der Waals surface area contributed by atoms with Crippen LogP contribution >= 0.6 is 0 Å². The molecule has 2 N–H and O–H groups in total. The van der Waals surface area contributed by atoms with Gasteiger partial charge in [0.05, 0.1) is 0 Å². The van der Waals surface area contributed by atoms with Gasteiger partial charge in [-0.05, 0) is 42.3 Å². The van der Waals surface area contributed by atoms with Crippen LogP contribution in [-0.4, -0.2) is 11.3 Å². The minimum Gasteiger partial charge on any atom is -0.406 e. The summed E-state index contributed by atoms with van der Waals surface area (Å²) in [6, 6.07) is 9.05. The van der Waals surface area contributed by atoms with Crippen LogP contribution in [0.25, 0.3) is 11.1 Å². The lowest BCUT2D eigenvalue weighted by Gasteiger charge is -2.10. The van der Waals surface area contributed by atoms with Gasteiger partial charge in [0.15, 0.2) is 0 Å². The van der Waals surface area contributed by atoms with Crippen molar-refractivity contribution < 1.29 is 17.9 Å². The Morgan fingerprint density at radius 2 is 1.84 bits per heavy atom. The molecule has 1 aromatic carbocycles. The standard InChI is InChI=1S/C13H11F3N2O/c1-8-5-10(7-12(17)18-8)9-3-2-4-11(6-9)19-13(14,15)16/h2-7H,1H3,(H2,17,18). The van der Waals surface area contributed by atoms with E-state index in [9.17, 15) is 13.2 Å². The number of alkyl halides is 3. The van der Waals surface area contributed by atoms with E-state index in [0.29, 0.717) is 22.6 Å². The Hall–Kier alpha value is -2.24. The van der Waals surface area contributed by atoms with Crippen LogP contribution in [0.1, 0.15) is 5.69 Å². The molecule has 0 aliphatic rings. The normalized spacial score (nSPS) is 11.4. The average molecular weight is 268 g/mol. The summed E-state index contributed by atoms with van der Waals surface area (Å²) in [5.41, 5.74) is 7.58. The van der Waals surface area contributed by atoms with Gasteiger partial charge in [0.1, 0.15) is 11.6 Å². The number of aryl methyl sites for hydroxylation is 1. The highest BCUT2D eigenvalue weighted by Gasteiger charge is 2.31. The van der Waals surface area contributed by atoms with Gasteiger partial charge in [-0.2, -0.15) is 0 Å². The number of hydrogen-bond acceptors (Lipinski definition) is 3. The van der Waals surface area contributed by atoms with E-state index in [2.05, 4.69) is 9.72 Å². The van der Waals surface area contributed by atoms with Crippen LogP contribution in [0, 0.1) is 6.92 Å². The van der Waals surface area contributed by atoms with E-state index < -0.39 is 6.36 Å². The van der Waals surface area contributed by atoms with Crippen molar-refractivity contribution in [1.82, 2.24) is 4.98 Å². The molecule has 0 atom stereocenters. The zero-order valence-electron chi connectivity index (χ0n) is 10.0. The first-order valence-corrected chi connectivity index (χ1v) is 5.44. The second-order valence-electron chi connectivity index (χ2n) is 4.00. The van der Waals surface area contributed by atoms with Crippen molar-refractivity contribution in [2.24, 2.45) is 0 Å². The highest BCUT2D eigenvalue weighted by atomic mass is 19.4. The summed E-state index contributed by atoms with van der Waals surface area (Å²) in [7, 11) is 0. The number of aromatic nitrogens is 1. The largest absolute Gasteiger partial charge is 0.573 e. The molecule has 2 rings (SSSR count). The molecule has 0 fully saturated rings. The number of halogens is 3. The molecular weight excluding hydrogens is 257 g/mol. The molecule has 0 aliphatic heterocycles. The molecule has 0 radical (unpaired) electrons. The Bertz CT molecular complexity index is 576. The Morgan fingerprint density at radius 1 is 1.11 bits per heavy atom. The topological polar surface area (TPSA) is 48.1 Å². The summed E-state index contributed by atoms with van der Waals surface area (Å²) in [6.07, 6.45) is -4.70. The summed E-state index contributed by atoms with van der Waals surface area (Å²) in [4.78, 5) is 4.01. The van der Waals surface area contributed by atoms with Gasteiger partial charge in [0.25, 0.3) is 0 Å². The molecular formula is C13H11F3N2O. The highest BCUT2D eigenvalue weighted by molar-refractivity contribution is 5.67. The van der Waals surface area contributed by atoms with Gasteiger partial charge in [0, 0.05) is 5.69 Å². The number of nitrogens with two attached hydrogens (primary N) is 1. The molecule has 0 amide bonds. The van der Waals surface area contributed by atoms with Crippen LogP contribution in [0.2, 0.25) is 0 Å². The van der Waals surface area contributed by atoms with Crippen molar-refractivity contribution in [2.75, 3.05) is 5.73 Å². The summed E-state index contributed by atoms with van der Waals surface area (Å²) in [6.45, 7) is 1.76. The van der Waals surface area contributed by atoms with Crippen LogP contribution in [0.15, 0.2) is 36.4 Å². The quantitative estimate of drug-likeness (QED) is 0.906. The van der Waals surface area contributed by atoms with Crippen LogP contribution in [0.5, 0.6) is 5.75 Å². The lowest BCUT2D eigenvalue weighted by atomic mass is 10.1. The maximum atomic E-state index is 12.2. The van der Waals surface area contributed by atoms with Crippen molar-refractivity contribution in [3.05, 3.63) is 42.1 Å². The van der Waals surface area contributed by atoms with Gasteiger partial charge in [-0.3, -0.25) is 0 Å². The third kappa shape index (κ3) is 3.61. The van der Waals surface area contributed by atoms with Gasteiger partial charge >= 0.3 is 6.36 Å². The van der Waals surface area contributed by atoms with Gasteiger partial charge in [0.2, 0.25) is 0 Å². The minimum atomic E-state index is -4.70. The van der Waals surface area contributed by atoms with Crippen molar-refractivity contribution in [2.45, 2.75) is 13.3 Å². The van der Waals surface area contributed by atoms with Crippen molar-refractivity contribution in [3.8, 4) is 16.9 Å². The third-order valence-electron chi connectivity index (χ3n) is 2.37. The number of nitrogens with zero attached hydrogens (tertiary/aromatic N) is 1. The lowest BCUT2D eigenvalue weighted by molar-refractivity contribution is -0.274. The number of anilines is 1. The average Bonchev–Trinajstić information content (AvgIpc) is 2.25. The predicted molar refractivity (Wildman–Crippen MR) is 65.5 cm³/mol. The SMILES string of the molecule is Cc1cc(-c2cccc(OC(F)(F)F)c2)cc(N)n1. The fourth-order valence-corrected chi connectivity index (χ4v) is 1.73. The number of benzene rings is 1. The Balaban J connectivity index is 2.37. The molecule has 1 aromatic heterocycles. The maximum absolute atomic E-state index is 12.2. The van der Waals surface area contributed by atoms with Gasteiger partial charge in [-0.25, -0.2) is 4.98 Å².